The molecule has 1 aromatic heterocycles. The Labute approximate surface area is 141 Å². The maximum atomic E-state index is 13.1. The van der Waals surface area contributed by atoms with E-state index in [9.17, 15) is 22.8 Å². The first-order valence-electron chi connectivity index (χ1n) is 7.66. The largest absolute Gasteiger partial charge is 0.416 e. The zero-order chi connectivity index (χ0) is 18.2. The van der Waals surface area contributed by atoms with Gasteiger partial charge in [-0.2, -0.15) is 13.2 Å². The van der Waals surface area contributed by atoms with Crippen molar-refractivity contribution in [3.05, 3.63) is 59.4 Å². The maximum absolute atomic E-state index is 13.1. The van der Waals surface area contributed by atoms with E-state index in [2.05, 4.69) is 10.9 Å². The van der Waals surface area contributed by atoms with Crippen molar-refractivity contribution in [2.45, 2.75) is 18.5 Å². The Bertz CT molecular complexity index is 813. The van der Waals surface area contributed by atoms with E-state index in [0.717, 1.165) is 6.07 Å². The first kappa shape index (κ1) is 17.1. The molecule has 1 fully saturated rings. The minimum absolute atomic E-state index is 0.115. The summed E-state index contributed by atoms with van der Waals surface area (Å²) in [4.78, 5) is 24.0. The Morgan fingerprint density at radius 1 is 1.12 bits per heavy atom. The lowest BCUT2D eigenvalue weighted by Gasteiger charge is -2.12. The summed E-state index contributed by atoms with van der Waals surface area (Å²) in [5.74, 6) is -2.07. The minimum Gasteiger partial charge on any atom is -0.347 e. The number of amides is 2. The van der Waals surface area contributed by atoms with E-state index in [1.54, 1.807) is 29.9 Å². The second kappa shape index (κ2) is 6.27. The summed E-state index contributed by atoms with van der Waals surface area (Å²) in [7, 11) is 1.68. The highest BCUT2D eigenvalue weighted by molar-refractivity contribution is 5.94. The molecule has 0 unspecified atom stereocenters. The average Bonchev–Trinajstić information content (AvgIpc) is 3.25. The Morgan fingerprint density at radius 3 is 2.48 bits per heavy atom. The number of alkyl halides is 3. The van der Waals surface area contributed by atoms with Crippen molar-refractivity contribution in [1.29, 1.82) is 0 Å². The highest BCUT2D eigenvalue weighted by Crippen LogP contribution is 2.50. The molecule has 1 heterocycles. The maximum Gasteiger partial charge on any atom is 0.416 e. The number of nitrogens with one attached hydrogen (secondary N) is 2. The zero-order valence-electron chi connectivity index (χ0n) is 13.3. The molecule has 2 N–H and O–H groups in total. The Morgan fingerprint density at radius 2 is 1.84 bits per heavy atom. The van der Waals surface area contributed by atoms with Crippen LogP contribution in [0.3, 0.4) is 0 Å². The number of carbonyl (C=O) groups excluding carboxylic acids is 2. The van der Waals surface area contributed by atoms with Gasteiger partial charge in [-0.15, -0.1) is 0 Å². The van der Waals surface area contributed by atoms with Crippen molar-refractivity contribution in [1.82, 2.24) is 15.4 Å². The third-order valence-corrected chi connectivity index (χ3v) is 4.27. The van der Waals surface area contributed by atoms with Crippen LogP contribution in [0, 0.1) is 5.92 Å². The molecule has 2 aromatic rings. The van der Waals surface area contributed by atoms with Crippen LogP contribution >= 0.6 is 0 Å². The number of hydrogen-bond donors (Lipinski definition) is 2. The summed E-state index contributed by atoms with van der Waals surface area (Å²) in [5.41, 5.74) is 4.32. The van der Waals surface area contributed by atoms with Crippen molar-refractivity contribution >= 4 is 11.8 Å². The van der Waals surface area contributed by atoms with E-state index < -0.39 is 35.4 Å². The molecule has 0 aliphatic heterocycles. The molecule has 0 radical (unpaired) electrons. The molecule has 2 atom stereocenters. The molecule has 1 aliphatic carbocycles. The van der Waals surface area contributed by atoms with Crippen LogP contribution < -0.4 is 10.9 Å². The van der Waals surface area contributed by atoms with Crippen LogP contribution in [0.15, 0.2) is 42.6 Å². The number of nitrogens with zero attached hydrogens (tertiary/aromatic N) is 1. The van der Waals surface area contributed by atoms with Crippen LogP contribution in [0.4, 0.5) is 13.2 Å². The van der Waals surface area contributed by atoms with E-state index in [1.807, 2.05) is 0 Å². The molecule has 5 nitrogen and oxygen atoms in total. The van der Waals surface area contributed by atoms with Crippen LogP contribution in [-0.2, 0) is 18.0 Å². The van der Waals surface area contributed by atoms with Crippen LogP contribution in [0.1, 0.15) is 34.0 Å². The summed E-state index contributed by atoms with van der Waals surface area (Å²) in [6.45, 7) is 0. The van der Waals surface area contributed by atoms with Crippen LogP contribution in [0.2, 0.25) is 0 Å². The van der Waals surface area contributed by atoms with Gasteiger partial charge in [0.05, 0.1) is 5.56 Å². The van der Waals surface area contributed by atoms with Gasteiger partial charge in [0, 0.05) is 19.2 Å². The lowest BCUT2D eigenvalue weighted by atomic mass is 10.0. The van der Waals surface area contributed by atoms with Gasteiger partial charge in [0.25, 0.3) is 5.91 Å². The molecule has 25 heavy (non-hydrogen) atoms. The number of aryl methyl sites for hydroxylation is 1. The van der Waals surface area contributed by atoms with E-state index in [1.165, 1.54) is 18.2 Å². The predicted octanol–water partition coefficient (Wildman–Crippen LogP) is 2.61. The van der Waals surface area contributed by atoms with Gasteiger partial charge in [0.1, 0.15) is 5.69 Å². The minimum atomic E-state index is -4.46. The fourth-order valence-corrected chi connectivity index (χ4v) is 2.88. The lowest BCUT2D eigenvalue weighted by molar-refractivity contribution is -0.138. The first-order valence-corrected chi connectivity index (χ1v) is 7.66. The third kappa shape index (κ3) is 3.52. The fourth-order valence-electron chi connectivity index (χ4n) is 2.88. The van der Waals surface area contributed by atoms with Crippen molar-refractivity contribution in [2.75, 3.05) is 0 Å². The molecule has 0 saturated heterocycles. The number of aromatic nitrogens is 1. The Kier molecular flexibility index (Phi) is 4.28. The van der Waals surface area contributed by atoms with Crippen molar-refractivity contribution < 1.29 is 22.8 Å². The van der Waals surface area contributed by atoms with Crippen molar-refractivity contribution in [2.24, 2.45) is 13.0 Å². The van der Waals surface area contributed by atoms with Crippen LogP contribution in [-0.4, -0.2) is 16.4 Å². The Hall–Kier alpha value is -2.77. The summed E-state index contributed by atoms with van der Waals surface area (Å²) in [5, 5.41) is 0. The van der Waals surface area contributed by atoms with Crippen molar-refractivity contribution in [3.8, 4) is 0 Å². The number of hydrazine groups is 1. The molecule has 0 spiro atoms. The van der Waals surface area contributed by atoms with E-state index in [-0.39, 0.29) is 5.56 Å². The van der Waals surface area contributed by atoms with E-state index >= 15 is 0 Å². The summed E-state index contributed by atoms with van der Waals surface area (Å²) in [6.07, 6.45) is -2.46. The molecule has 3 rings (SSSR count). The Balaban J connectivity index is 1.62. The van der Waals surface area contributed by atoms with Gasteiger partial charge in [-0.25, -0.2) is 0 Å². The van der Waals surface area contributed by atoms with Gasteiger partial charge in [-0.3, -0.25) is 20.4 Å². The second-order valence-electron chi connectivity index (χ2n) is 5.98. The summed E-state index contributed by atoms with van der Waals surface area (Å²) >= 11 is 0. The highest BCUT2D eigenvalue weighted by atomic mass is 19.4. The fraction of sp³-hybridized carbons (Fsp3) is 0.294. The van der Waals surface area contributed by atoms with Crippen LogP contribution in [0.25, 0.3) is 0 Å². The standard InChI is InChI=1S/C17H16F3N3O2/c1-23-8-4-7-14(23)16(25)22-21-15(24)12-9-11(12)10-5-2-3-6-13(10)17(18,19)20/h2-8,11-12H,9H2,1H3,(H,21,24)(H,22,25)/t11-,12-/m1/s1. The molecule has 1 saturated carbocycles. The molecule has 1 aromatic carbocycles. The highest BCUT2D eigenvalue weighted by Gasteiger charge is 2.47. The molecular weight excluding hydrogens is 335 g/mol. The molecule has 132 valence electrons. The smallest absolute Gasteiger partial charge is 0.347 e. The monoisotopic (exact) mass is 351 g/mol. The van der Waals surface area contributed by atoms with E-state index in [0.29, 0.717) is 12.1 Å². The molecule has 8 heteroatoms. The molecule has 0 bridgehead atoms. The third-order valence-electron chi connectivity index (χ3n) is 4.27. The number of carbonyl (C=O) groups is 2. The topological polar surface area (TPSA) is 63.1 Å². The van der Waals surface area contributed by atoms with E-state index in [4.69, 9.17) is 0 Å². The van der Waals surface area contributed by atoms with Gasteiger partial charge in [-0.05, 0) is 36.1 Å². The lowest BCUT2D eigenvalue weighted by Crippen LogP contribution is -2.43. The number of rotatable bonds is 3. The SMILES string of the molecule is Cn1cccc1C(=O)NNC(=O)[C@@H]1C[C@@H]1c1ccccc1C(F)(F)F. The zero-order valence-corrected chi connectivity index (χ0v) is 13.3. The number of hydrogen-bond acceptors (Lipinski definition) is 2. The molecule has 1 aliphatic rings. The van der Waals surface area contributed by atoms with Gasteiger partial charge < -0.3 is 4.57 Å². The van der Waals surface area contributed by atoms with Crippen LogP contribution in [0.5, 0.6) is 0 Å². The summed E-state index contributed by atoms with van der Waals surface area (Å²) in [6, 6.07) is 8.52. The summed E-state index contributed by atoms with van der Waals surface area (Å²) < 4.78 is 40.7. The van der Waals surface area contributed by atoms with Gasteiger partial charge in [0.2, 0.25) is 5.91 Å². The first-order chi connectivity index (χ1) is 11.8. The second-order valence-corrected chi connectivity index (χ2v) is 5.98. The molecule has 2 amide bonds. The number of benzene rings is 1. The van der Waals surface area contributed by atoms with Gasteiger partial charge in [0.15, 0.2) is 0 Å². The number of halogens is 3. The van der Waals surface area contributed by atoms with Gasteiger partial charge >= 0.3 is 6.18 Å². The normalized spacial score (nSPS) is 19.4. The van der Waals surface area contributed by atoms with Gasteiger partial charge in [-0.1, -0.05) is 18.2 Å². The average molecular weight is 351 g/mol. The predicted molar refractivity (Wildman–Crippen MR) is 83.3 cm³/mol. The molecular formula is C17H16F3N3O2. The quantitative estimate of drug-likeness (QED) is 0.835. The van der Waals surface area contributed by atoms with Crippen molar-refractivity contribution in [3.63, 3.8) is 0 Å².